The predicted octanol–water partition coefficient (Wildman–Crippen LogP) is 2.65. The molecule has 0 aromatic carbocycles. The van der Waals surface area contributed by atoms with Crippen molar-refractivity contribution in [2.45, 2.75) is 39.7 Å². The van der Waals surface area contributed by atoms with Gasteiger partial charge in [0, 0.05) is 30.9 Å². The molecule has 1 rings (SSSR count). The third-order valence-corrected chi connectivity index (χ3v) is 2.43. The summed E-state index contributed by atoms with van der Waals surface area (Å²) in [5.41, 5.74) is 1.17. The number of pyridine rings is 1. The van der Waals surface area contributed by atoms with Crippen molar-refractivity contribution in [2.75, 3.05) is 6.54 Å². The molecule has 84 valence electrons. The van der Waals surface area contributed by atoms with Gasteiger partial charge in [-0.25, -0.2) is 0 Å². The second-order valence-corrected chi connectivity index (χ2v) is 4.56. The molecule has 1 N–H and O–H groups in total. The Bertz CT molecular complexity index is 256. The Morgan fingerprint density at radius 3 is 2.67 bits per heavy atom. The quantitative estimate of drug-likeness (QED) is 0.774. The van der Waals surface area contributed by atoms with Gasteiger partial charge >= 0.3 is 0 Å². The van der Waals surface area contributed by atoms with E-state index in [0.29, 0.717) is 6.04 Å². The van der Waals surface area contributed by atoms with Gasteiger partial charge in [-0.05, 0) is 31.4 Å². The zero-order valence-corrected chi connectivity index (χ0v) is 10.0. The molecule has 0 aliphatic carbocycles. The highest BCUT2D eigenvalue weighted by Gasteiger charge is 2.03. The van der Waals surface area contributed by atoms with Crippen LogP contribution in [0.15, 0.2) is 24.4 Å². The highest BCUT2D eigenvalue weighted by molar-refractivity contribution is 5.03. The summed E-state index contributed by atoms with van der Waals surface area (Å²) in [5.74, 6) is 0.766. The molecular weight excluding hydrogens is 184 g/mol. The SMILES string of the molecule is CC(C)C[C@H](C)NCCc1ccccn1. The molecule has 0 unspecified atom stereocenters. The molecule has 1 aromatic rings. The molecule has 1 aromatic heterocycles. The first kappa shape index (κ1) is 12.2. The van der Waals surface area contributed by atoms with E-state index < -0.39 is 0 Å². The summed E-state index contributed by atoms with van der Waals surface area (Å²) in [4.78, 5) is 4.30. The minimum absolute atomic E-state index is 0.605. The van der Waals surface area contributed by atoms with Crippen molar-refractivity contribution in [1.29, 1.82) is 0 Å². The van der Waals surface area contributed by atoms with Crippen LogP contribution in [-0.2, 0) is 6.42 Å². The Labute approximate surface area is 93.1 Å². The largest absolute Gasteiger partial charge is 0.314 e. The molecule has 0 spiro atoms. The minimum atomic E-state index is 0.605. The molecule has 0 saturated heterocycles. The van der Waals surface area contributed by atoms with E-state index in [9.17, 15) is 0 Å². The maximum Gasteiger partial charge on any atom is 0.0416 e. The first-order valence-corrected chi connectivity index (χ1v) is 5.81. The van der Waals surface area contributed by atoms with Crippen molar-refractivity contribution < 1.29 is 0 Å². The van der Waals surface area contributed by atoms with Crippen molar-refractivity contribution in [1.82, 2.24) is 10.3 Å². The van der Waals surface area contributed by atoms with E-state index in [1.54, 1.807) is 0 Å². The van der Waals surface area contributed by atoms with Gasteiger partial charge < -0.3 is 5.32 Å². The van der Waals surface area contributed by atoms with E-state index in [1.807, 2.05) is 18.3 Å². The van der Waals surface area contributed by atoms with Gasteiger partial charge in [-0.1, -0.05) is 19.9 Å². The van der Waals surface area contributed by atoms with Crippen molar-refractivity contribution in [2.24, 2.45) is 5.92 Å². The molecule has 2 nitrogen and oxygen atoms in total. The summed E-state index contributed by atoms with van der Waals surface area (Å²) >= 11 is 0. The molecule has 1 atom stereocenters. The van der Waals surface area contributed by atoms with Gasteiger partial charge in [0.1, 0.15) is 0 Å². The zero-order valence-electron chi connectivity index (χ0n) is 10.0. The first-order chi connectivity index (χ1) is 7.18. The van der Waals surface area contributed by atoms with Crippen LogP contribution >= 0.6 is 0 Å². The highest BCUT2D eigenvalue weighted by Crippen LogP contribution is 2.03. The van der Waals surface area contributed by atoms with Crippen LogP contribution in [0.5, 0.6) is 0 Å². The lowest BCUT2D eigenvalue weighted by atomic mass is 10.1. The molecule has 1 heterocycles. The number of hydrogen-bond donors (Lipinski definition) is 1. The maximum absolute atomic E-state index is 4.30. The molecule has 0 amide bonds. The van der Waals surface area contributed by atoms with Crippen LogP contribution in [0, 0.1) is 5.92 Å². The van der Waals surface area contributed by atoms with Gasteiger partial charge in [-0.15, -0.1) is 0 Å². The Hall–Kier alpha value is -0.890. The normalized spacial score (nSPS) is 13.1. The zero-order chi connectivity index (χ0) is 11.1. The highest BCUT2D eigenvalue weighted by atomic mass is 14.9. The summed E-state index contributed by atoms with van der Waals surface area (Å²) in [6, 6.07) is 6.68. The van der Waals surface area contributed by atoms with E-state index in [0.717, 1.165) is 18.9 Å². The fourth-order valence-corrected chi connectivity index (χ4v) is 1.78. The van der Waals surface area contributed by atoms with Crippen molar-refractivity contribution in [3.8, 4) is 0 Å². The average Bonchev–Trinajstić information content (AvgIpc) is 2.18. The molecule has 2 heteroatoms. The molecule has 0 saturated carbocycles. The van der Waals surface area contributed by atoms with Crippen molar-refractivity contribution in [3.05, 3.63) is 30.1 Å². The number of hydrogen-bond acceptors (Lipinski definition) is 2. The topological polar surface area (TPSA) is 24.9 Å². The Kier molecular flexibility index (Phi) is 5.33. The second kappa shape index (κ2) is 6.57. The van der Waals surface area contributed by atoms with E-state index in [4.69, 9.17) is 0 Å². The Morgan fingerprint density at radius 2 is 2.07 bits per heavy atom. The van der Waals surface area contributed by atoms with Crippen LogP contribution in [-0.4, -0.2) is 17.6 Å². The number of aromatic nitrogens is 1. The Balaban J connectivity index is 2.16. The van der Waals surface area contributed by atoms with E-state index in [-0.39, 0.29) is 0 Å². The van der Waals surface area contributed by atoms with Crippen LogP contribution in [0.25, 0.3) is 0 Å². The summed E-state index contributed by atoms with van der Waals surface area (Å²) < 4.78 is 0. The number of nitrogens with zero attached hydrogens (tertiary/aromatic N) is 1. The molecule has 0 fully saturated rings. The lowest BCUT2D eigenvalue weighted by molar-refractivity contribution is 0.444. The molecule has 0 radical (unpaired) electrons. The third-order valence-electron chi connectivity index (χ3n) is 2.43. The predicted molar refractivity (Wildman–Crippen MR) is 64.9 cm³/mol. The van der Waals surface area contributed by atoms with Crippen molar-refractivity contribution >= 4 is 0 Å². The van der Waals surface area contributed by atoms with E-state index in [2.05, 4.69) is 37.1 Å². The standard InChI is InChI=1S/C13H22N2/c1-11(2)10-12(3)14-9-7-13-6-4-5-8-15-13/h4-6,8,11-12,14H,7,9-10H2,1-3H3/t12-/m0/s1. The number of rotatable bonds is 6. The summed E-state index contributed by atoms with van der Waals surface area (Å²) in [6.07, 6.45) is 4.11. The average molecular weight is 206 g/mol. The van der Waals surface area contributed by atoms with Crippen molar-refractivity contribution in [3.63, 3.8) is 0 Å². The fraction of sp³-hybridized carbons (Fsp3) is 0.615. The fourth-order valence-electron chi connectivity index (χ4n) is 1.78. The van der Waals surface area contributed by atoms with E-state index in [1.165, 1.54) is 12.1 Å². The first-order valence-electron chi connectivity index (χ1n) is 5.81. The third kappa shape index (κ3) is 5.53. The van der Waals surface area contributed by atoms with Crippen LogP contribution < -0.4 is 5.32 Å². The molecule has 0 aliphatic heterocycles. The second-order valence-electron chi connectivity index (χ2n) is 4.56. The van der Waals surface area contributed by atoms with Gasteiger partial charge in [0.25, 0.3) is 0 Å². The number of nitrogens with one attached hydrogen (secondary N) is 1. The van der Waals surface area contributed by atoms with Gasteiger partial charge in [-0.3, -0.25) is 4.98 Å². The van der Waals surface area contributed by atoms with Gasteiger partial charge in [0.05, 0.1) is 0 Å². The summed E-state index contributed by atoms with van der Waals surface area (Å²) in [7, 11) is 0. The van der Waals surface area contributed by atoms with Crippen LogP contribution in [0.3, 0.4) is 0 Å². The molecular formula is C13H22N2. The van der Waals surface area contributed by atoms with Crippen LogP contribution in [0.4, 0.5) is 0 Å². The molecule has 0 bridgehead atoms. The minimum Gasteiger partial charge on any atom is -0.314 e. The van der Waals surface area contributed by atoms with E-state index >= 15 is 0 Å². The lowest BCUT2D eigenvalue weighted by Crippen LogP contribution is -2.29. The smallest absolute Gasteiger partial charge is 0.0416 e. The van der Waals surface area contributed by atoms with Gasteiger partial charge in [0.2, 0.25) is 0 Å². The Morgan fingerprint density at radius 1 is 1.27 bits per heavy atom. The molecule has 15 heavy (non-hydrogen) atoms. The molecule has 0 aliphatic rings. The van der Waals surface area contributed by atoms with Gasteiger partial charge in [-0.2, -0.15) is 0 Å². The van der Waals surface area contributed by atoms with Crippen LogP contribution in [0.1, 0.15) is 32.9 Å². The summed E-state index contributed by atoms with van der Waals surface area (Å²) in [6.45, 7) is 7.79. The monoisotopic (exact) mass is 206 g/mol. The van der Waals surface area contributed by atoms with Crippen LogP contribution in [0.2, 0.25) is 0 Å². The summed E-state index contributed by atoms with van der Waals surface area (Å²) in [5, 5.41) is 3.52. The maximum atomic E-state index is 4.30. The van der Waals surface area contributed by atoms with Gasteiger partial charge in [0.15, 0.2) is 0 Å². The lowest BCUT2D eigenvalue weighted by Gasteiger charge is -2.15.